The van der Waals surface area contributed by atoms with Gasteiger partial charge in [-0.3, -0.25) is 9.59 Å². The smallest absolute Gasteiger partial charge is 0.343 e. The Bertz CT molecular complexity index is 1170. The number of aliphatic hydroxyl groups is 1. The zero-order chi connectivity index (χ0) is 21.4. The van der Waals surface area contributed by atoms with Gasteiger partial charge in [0.05, 0.1) is 11.6 Å². The minimum absolute atomic E-state index is 0.0265. The molecule has 7 nitrogen and oxygen atoms in total. The largest absolute Gasteiger partial charge is 0.458 e. The molecule has 3 aliphatic rings. The van der Waals surface area contributed by atoms with Crippen LogP contribution in [0.15, 0.2) is 33.5 Å². The predicted octanol–water partition coefficient (Wildman–Crippen LogP) is 2.55. The van der Waals surface area contributed by atoms with Gasteiger partial charge in [0, 0.05) is 40.8 Å². The van der Waals surface area contributed by atoms with Gasteiger partial charge in [-0.15, -0.1) is 0 Å². The molecule has 0 aliphatic carbocycles. The highest BCUT2D eigenvalue weighted by atomic mass is 79.9. The summed E-state index contributed by atoms with van der Waals surface area (Å²) in [7, 11) is 0. The Morgan fingerprint density at radius 3 is 2.80 bits per heavy atom. The van der Waals surface area contributed by atoms with Crippen LogP contribution in [-0.2, 0) is 39.5 Å². The summed E-state index contributed by atoms with van der Waals surface area (Å²) < 4.78 is 7.74. The monoisotopic (exact) mass is 472 g/mol. The molecule has 0 radical (unpaired) electrons. The minimum Gasteiger partial charge on any atom is -0.458 e. The van der Waals surface area contributed by atoms with Crippen LogP contribution in [0.5, 0.6) is 0 Å². The van der Waals surface area contributed by atoms with Crippen molar-refractivity contribution in [2.75, 3.05) is 4.90 Å². The van der Waals surface area contributed by atoms with Crippen LogP contribution in [0, 0.1) is 5.92 Å². The van der Waals surface area contributed by atoms with Crippen LogP contribution in [0.2, 0.25) is 0 Å². The number of esters is 1. The van der Waals surface area contributed by atoms with Crippen molar-refractivity contribution in [3.8, 4) is 0 Å². The van der Waals surface area contributed by atoms with Crippen molar-refractivity contribution in [2.24, 2.45) is 5.92 Å². The van der Waals surface area contributed by atoms with Crippen LogP contribution in [0.25, 0.3) is 0 Å². The maximum Gasteiger partial charge on any atom is 0.343 e. The van der Waals surface area contributed by atoms with E-state index in [0.717, 1.165) is 22.1 Å². The number of hydrogen-bond acceptors (Lipinski definition) is 5. The molecule has 0 spiro atoms. The van der Waals surface area contributed by atoms with Gasteiger partial charge in [0.1, 0.15) is 6.61 Å². The number of carbonyl (C=O) groups excluding carboxylic acids is 2. The quantitative estimate of drug-likeness (QED) is 0.644. The van der Waals surface area contributed by atoms with E-state index in [0.29, 0.717) is 23.4 Å². The van der Waals surface area contributed by atoms with Crippen molar-refractivity contribution < 1.29 is 19.4 Å². The van der Waals surface area contributed by atoms with Crippen LogP contribution < -0.4 is 10.5 Å². The number of hydrogen-bond donors (Lipinski definition) is 1. The normalized spacial score (nSPS) is 26.4. The van der Waals surface area contributed by atoms with E-state index in [-0.39, 0.29) is 36.5 Å². The lowest BCUT2D eigenvalue weighted by Crippen LogP contribution is -2.45. The first kappa shape index (κ1) is 19.5. The standard InChI is InChI=1S/C22H21BrN2O5/c1-3-22(29)16-8-18-19-13(9-24(18)20(27)15(16)10-30-21(22)28)6-12-7-14(23)4-5-17(12)25(19)11(2)26/h4-5,7-8,13,19,29H,3,6,9-10H2,1-2H3/t13?,19?,22-/m0/s1. The van der Waals surface area contributed by atoms with Gasteiger partial charge in [0.15, 0.2) is 5.60 Å². The highest BCUT2D eigenvalue weighted by Gasteiger charge is 2.49. The Hall–Kier alpha value is -2.45. The summed E-state index contributed by atoms with van der Waals surface area (Å²) in [6.07, 6.45) is 0.825. The number of amides is 1. The second-order valence-electron chi connectivity index (χ2n) is 8.24. The maximum atomic E-state index is 13.3. The molecule has 4 heterocycles. The summed E-state index contributed by atoms with van der Waals surface area (Å²) in [5.41, 5.74) is 1.06. The van der Waals surface area contributed by atoms with E-state index in [2.05, 4.69) is 15.9 Å². The molecule has 0 bridgehead atoms. The number of pyridine rings is 1. The van der Waals surface area contributed by atoms with E-state index in [4.69, 9.17) is 4.74 Å². The van der Waals surface area contributed by atoms with Crippen molar-refractivity contribution in [1.82, 2.24) is 4.57 Å². The molecule has 156 valence electrons. The average molecular weight is 473 g/mol. The van der Waals surface area contributed by atoms with Crippen molar-refractivity contribution in [3.63, 3.8) is 0 Å². The van der Waals surface area contributed by atoms with Gasteiger partial charge in [-0.1, -0.05) is 22.9 Å². The number of fused-ring (bicyclic) bond motifs is 5. The average Bonchev–Trinajstić information content (AvgIpc) is 3.07. The third kappa shape index (κ3) is 2.50. The fourth-order valence-corrected chi connectivity index (χ4v) is 5.61. The van der Waals surface area contributed by atoms with E-state index in [1.807, 2.05) is 18.2 Å². The summed E-state index contributed by atoms with van der Waals surface area (Å²) in [6.45, 7) is 3.53. The van der Waals surface area contributed by atoms with Gasteiger partial charge in [-0.2, -0.15) is 0 Å². The number of rotatable bonds is 1. The Kier molecular flexibility index (Phi) is 4.24. The Morgan fingerprint density at radius 2 is 2.10 bits per heavy atom. The molecule has 0 saturated heterocycles. The maximum absolute atomic E-state index is 13.3. The predicted molar refractivity (Wildman–Crippen MR) is 112 cm³/mol. The van der Waals surface area contributed by atoms with Crippen molar-refractivity contribution in [1.29, 1.82) is 0 Å². The van der Waals surface area contributed by atoms with Crippen LogP contribution >= 0.6 is 15.9 Å². The van der Waals surface area contributed by atoms with E-state index in [1.54, 1.807) is 22.5 Å². The van der Waals surface area contributed by atoms with Gasteiger partial charge in [-0.25, -0.2) is 4.79 Å². The molecule has 1 N–H and O–H groups in total. The topological polar surface area (TPSA) is 88.8 Å². The highest BCUT2D eigenvalue weighted by molar-refractivity contribution is 9.10. The first-order valence-corrected chi connectivity index (χ1v) is 10.8. The molecule has 8 heteroatoms. The molecule has 1 amide bonds. The van der Waals surface area contributed by atoms with Gasteiger partial charge < -0.3 is 19.3 Å². The Morgan fingerprint density at radius 1 is 1.33 bits per heavy atom. The fourth-order valence-electron chi connectivity index (χ4n) is 5.20. The molecular formula is C22H21BrN2O5. The number of benzene rings is 1. The van der Waals surface area contributed by atoms with Gasteiger partial charge in [-0.05, 0) is 42.7 Å². The van der Waals surface area contributed by atoms with Crippen molar-refractivity contribution in [2.45, 2.75) is 51.5 Å². The lowest BCUT2D eigenvalue weighted by atomic mass is 9.83. The van der Waals surface area contributed by atoms with Crippen LogP contribution in [0.4, 0.5) is 5.69 Å². The molecule has 0 fully saturated rings. The number of cyclic esters (lactones) is 1. The molecule has 30 heavy (non-hydrogen) atoms. The van der Waals surface area contributed by atoms with Gasteiger partial charge in [0.2, 0.25) is 5.91 Å². The molecular weight excluding hydrogens is 452 g/mol. The highest BCUT2D eigenvalue weighted by Crippen LogP contribution is 2.47. The van der Waals surface area contributed by atoms with Crippen LogP contribution in [0.3, 0.4) is 0 Å². The van der Waals surface area contributed by atoms with Gasteiger partial charge in [0.25, 0.3) is 5.56 Å². The number of carbonyl (C=O) groups is 2. The van der Waals surface area contributed by atoms with E-state index in [9.17, 15) is 19.5 Å². The lowest BCUT2D eigenvalue weighted by molar-refractivity contribution is -0.172. The zero-order valence-corrected chi connectivity index (χ0v) is 18.2. The van der Waals surface area contributed by atoms with Crippen LogP contribution in [-0.4, -0.2) is 21.6 Å². The summed E-state index contributed by atoms with van der Waals surface area (Å²) in [6, 6.07) is 7.24. The zero-order valence-electron chi connectivity index (χ0n) is 16.6. The van der Waals surface area contributed by atoms with Gasteiger partial charge >= 0.3 is 5.97 Å². The van der Waals surface area contributed by atoms with Crippen molar-refractivity contribution >= 4 is 33.5 Å². The number of nitrogens with zero attached hydrogens (tertiary/aromatic N) is 2. The third-order valence-corrected chi connectivity index (χ3v) is 7.14. The van der Waals surface area contributed by atoms with E-state index in [1.165, 1.54) is 6.92 Å². The summed E-state index contributed by atoms with van der Waals surface area (Å²) >= 11 is 3.50. The van der Waals surface area contributed by atoms with Crippen LogP contribution in [0.1, 0.15) is 48.7 Å². The molecule has 3 atom stereocenters. The fraction of sp³-hybridized carbons (Fsp3) is 0.409. The van der Waals surface area contributed by atoms with Crippen molar-refractivity contribution in [3.05, 3.63) is 61.5 Å². The Labute approximate surface area is 181 Å². The first-order valence-electron chi connectivity index (χ1n) is 10.0. The van der Waals surface area contributed by atoms with E-state index >= 15 is 0 Å². The molecule has 1 aromatic carbocycles. The molecule has 2 unspecified atom stereocenters. The molecule has 1 aromatic heterocycles. The molecule has 0 saturated carbocycles. The molecule has 2 aromatic rings. The number of ether oxygens (including phenoxy) is 1. The molecule has 3 aliphatic heterocycles. The number of aromatic nitrogens is 1. The summed E-state index contributed by atoms with van der Waals surface area (Å²) in [4.78, 5) is 40.1. The number of halogens is 1. The minimum atomic E-state index is -1.85. The summed E-state index contributed by atoms with van der Waals surface area (Å²) in [5.74, 6) is -0.825. The second-order valence-corrected chi connectivity index (χ2v) is 9.15. The Balaban J connectivity index is 1.73. The van der Waals surface area contributed by atoms with E-state index < -0.39 is 11.6 Å². The summed E-state index contributed by atoms with van der Waals surface area (Å²) in [5, 5.41) is 11.0. The first-order chi connectivity index (χ1) is 14.3. The lowest BCUT2D eigenvalue weighted by Gasteiger charge is -2.39. The SMILES string of the molecule is CC[C@@]1(O)C(=O)OCc2c1cc1n(c2=O)CC2Cc3cc(Br)ccc3N(C(C)=O)C12. The third-order valence-electron chi connectivity index (χ3n) is 6.64. The molecule has 5 rings (SSSR count). The number of anilines is 1. The second kappa shape index (κ2) is 6.52.